The third kappa shape index (κ3) is 3.08. The first-order valence-electron chi connectivity index (χ1n) is 7.82. The van der Waals surface area contributed by atoms with Gasteiger partial charge in [-0.15, -0.1) is 11.3 Å². The first-order chi connectivity index (χ1) is 12.5. The number of benzene rings is 1. The molecule has 0 unspecified atom stereocenters. The second kappa shape index (κ2) is 6.53. The zero-order valence-electron chi connectivity index (χ0n) is 13.7. The van der Waals surface area contributed by atoms with Gasteiger partial charge in [-0.3, -0.25) is 9.67 Å². The van der Waals surface area contributed by atoms with E-state index in [1.54, 1.807) is 34.6 Å². The molecule has 1 aromatic carbocycles. The average Bonchev–Trinajstić information content (AvgIpc) is 3.21. The molecule has 26 heavy (non-hydrogen) atoms. The zero-order chi connectivity index (χ0) is 18.3. The fourth-order valence-electron chi connectivity index (χ4n) is 2.73. The van der Waals surface area contributed by atoms with Gasteiger partial charge in [-0.2, -0.15) is 5.10 Å². The van der Waals surface area contributed by atoms with Crippen molar-refractivity contribution >= 4 is 22.4 Å². The number of fused-ring (bicyclic) bond motifs is 1. The normalized spacial score (nSPS) is 11.6. The number of alkyl halides is 2. The predicted octanol–water partition coefficient (Wildman–Crippen LogP) is 4.99. The van der Waals surface area contributed by atoms with Gasteiger partial charge in [0, 0.05) is 22.8 Å². The quantitative estimate of drug-likeness (QED) is 0.506. The molecule has 0 saturated heterocycles. The topological polar surface area (TPSA) is 43.6 Å². The molecule has 3 aromatic heterocycles. The number of thiazole rings is 1. The molecule has 4 nitrogen and oxygen atoms in total. The maximum Gasteiger partial charge on any atom is 0.266 e. The van der Waals surface area contributed by atoms with E-state index < -0.39 is 17.8 Å². The minimum Gasteiger partial charge on any atom is -0.256 e. The first-order valence-corrected chi connectivity index (χ1v) is 8.64. The van der Waals surface area contributed by atoms with E-state index in [1.807, 2.05) is 13.0 Å². The van der Waals surface area contributed by atoms with Crippen molar-refractivity contribution in [3.63, 3.8) is 0 Å². The highest BCUT2D eigenvalue weighted by atomic mass is 32.1. The fraction of sp³-hybridized carbons (Fsp3) is 0.167. The lowest BCUT2D eigenvalue weighted by Crippen LogP contribution is -2.01. The number of hydrogen-bond donors (Lipinski definition) is 0. The summed E-state index contributed by atoms with van der Waals surface area (Å²) in [6, 6.07) is 5.50. The van der Waals surface area contributed by atoms with Gasteiger partial charge >= 0.3 is 0 Å². The van der Waals surface area contributed by atoms with Crippen molar-refractivity contribution in [2.45, 2.75) is 19.9 Å². The van der Waals surface area contributed by atoms with Gasteiger partial charge in [0.2, 0.25) is 0 Å². The average molecular weight is 374 g/mol. The molecule has 0 aliphatic carbocycles. The summed E-state index contributed by atoms with van der Waals surface area (Å²) in [6.07, 6.45) is 2.16. The Bertz CT molecular complexity index is 1090. The number of nitrogens with zero attached hydrogens (tertiary/aromatic N) is 4. The molecule has 0 radical (unpaired) electrons. The summed E-state index contributed by atoms with van der Waals surface area (Å²) in [5, 5.41) is 5.25. The van der Waals surface area contributed by atoms with Gasteiger partial charge in [0.1, 0.15) is 16.3 Å². The Hall–Kier alpha value is -2.74. The van der Waals surface area contributed by atoms with E-state index in [1.165, 1.54) is 6.07 Å². The molecule has 0 aliphatic rings. The van der Waals surface area contributed by atoms with E-state index in [-0.39, 0.29) is 0 Å². The highest BCUT2D eigenvalue weighted by Gasteiger charge is 2.15. The largest absolute Gasteiger partial charge is 0.266 e. The maximum atomic E-state index is 13.5. The van der Waals surface area contributed by atoms with Crippen LogP contribution in [0.15, 0.2) is 42.9 Å². The van der Waals surface area contributed by atoms with E-state index in [9.17, 15) is 13.2 Å². The molecule has 0 atom stereocenters. The Kier molecular flexibility index (Phi) is 4.20. The number of hydrogen-bond acceptors (Lipinski definition) is 4. The predicted molar refractivity (Wildman–Crippen MR) is 93.8 cm³/mol. The van der Waals surface area contributed by atoms with E-state index in [0.717, 1.165) is 27.5 Å². The molecular weight excluding hydrogens is 361 g/mol. The molecule has 0 N–H and O–H groups in total. The Morgan fingerprint density at radius 2 is 1.92 bits per heavy atom. The SMILES string of the molecule is Cc1cnc(Cn2ncc3ncc(-c4ccc(F)c(C(F)F)c4)cc32)s1. The highest BCUT2D eigenvalue weighted by Crippen LogP contribution is 2.29. The van der Waals surface area contributed by atoms with Crippen LogP contribution >= 0.6 is 11.3 Å². The van der Waals surface area contributed by atoms with Gasteiger partial charge in [0.15, 0.2) is 0 Å². The van der Waals surface area contributed by atoms with Gasteiger partial charge in [-0.25, -0.2) is 18.2 Å². The zero-order valence-corrected chi connectivity index (χ0v) is 14.5. The molecule has 0 amide bonds. The van der Waals surface area contributed by atoms with Crippen LogP contribution in [0.3, 0.4) is 0 Å². The van der Waals surface area contributed by atoms with Crippen LogP contribution < -0.4 is 0 Å². The lowest BCUT2D eigenvalue weighted by atomic mass is 10.0. The standard InChI is InChI=1S/C18H13F3N4S/c1-10-6-23-17(26-10)9-25-16-5-12(7-22-15(16)8-24-25)11-2-3-14(19)13(4-11)18(20)21/h2-8,18H,9H2,1H3. The molecule has 4 rings (SSSR count). The molecule has 0 aliphatic heterocycles. The van der Waals surface area contributed by atoms with Crippen molar-refractivity contribution in [1.29, 1.82) is 0 Å². The summed E-state index contributed by atoms with van der Waals surface area (Å²) >= 11 is 1.58. The maximum absolute atomic E-state index is 13.5. The molecular formula is C18H13F3N4S. The minimum absolute atomic E-state index is 0.481. The molecule has 0 spiro atoms. The Labute approximate surface area is 151 Å². The van der Waals surface area contributed by atoms with Crippen LogP contribution in [-0.4, -0.2) is 19.7 Å². The van der Waals surface area contributed by atoms with Crippen LogP contribution in [0.2, 0.25) is 0 Å². The number of halogens is 3. The third-order valence-corrected chi connectivity index (χ3v) is 4.91. The number of rotatable bonds is 4. The van der Waals surface area contributed by atoms with Gasteiger partial charge in [0.05, 0.1) is 23.8 Å². The Balaban J connectivity index is 1.75. The second-order valence-corrected chi connectivity index (χ2v) is 7.15. The Morgan fingerprint density at radius 3 is 2.65 bits per heavy atom. The lowest BCUT2D eigenvalue weighted by Gasteiger charge is -2.07. The van der Waals surface area contributed by atoms with Crippen LogP contribution in [-0.2, 0) is 6.54 Å². The van der Waals surface area contributed by atoms with Crippen molar-refractivity contribution in [1.82, 2.24) is 19.7 Å². The summed E-state index contributed by atoms with van der Waals surface area (Å²) in [5.74, 6) is -0.915. The first kappa shape index (κ1) is 16.7. The molecule has 3 heterocycles. The fourth-order valence-corrected chi connectivity index (χ4v) is 3.50. The molecule has 4 aromatic rings. The van der Waals surface area contributed by atoms with E-state index in [4.69, 9.17) is 0 Å². The van der Waals surface area contributed by atoms with Crippen LogP contribution in [0.1, 0.15) is 21.9 Å². The highest BCUT2D eigenvalue weighted by molar-refractivity contribution is 7.11. The molecule has 8 heteroatoms. The second-order valence-electron chi connectivity index (χ2n) is 5.83. The van der Waals surface area contributed by atoms with Crippen molar-refractivity contribution in [3.05, 3.63) is 64.1 Å². The summed E-state index contributed by atoms with van der Waals surface area (Å²) < 4.78 is 41.2. The lowest BCUT2D eigenvalue weighted by molar-refractivity contribution is 0.146. The number of pyridine rings is 1. The van der Waals surface area contributed by atoms with E-state index in [2.05, 4.69) is 15.1 Å². The summed E-state index contributed by atoms with van der Waals surface area (Å²) in [5.41, 5.74) is 1.94. The van der Waals surface area contributed by atoms with E-state index in [0.29, 0.717) is 23.2 Å². The summed E-state index contributed by atoms with van der Waals surface area (Å²) in [7, 11) is 0. The van der Waals surface area contributed by atoms with Crippen LogP contribution in [0.4, 0.5) is 13.2 Å². The van der Waals surface area contributed by atoms with Crippen molar-refractivity contribution < 1.29 is 13.2 Å². The summed E-state index contributed by atoms with van der Waals surface area (Å²) in [4.78, 5) is 9.78. The van der Waals surface area contributed by atoms with Gasteiger partial charge < -0.3 is 0 Å². The van der Waals surface area contributed by atoms with Crippen molar-refractivity contribution in [2.24, 2.45) is 0 Å². The van der Waals surface area contributed by atoms with Crippen molar-refractivity contribution in [2.75, 3.05) is 0 Å². The van der Waals surface area contributed by atoms with Gasteiger partial charge in [-0.1, -0.05) is 6.07 Å². The monoisotopic (exact) mass is 374 g/mol. The molecule has 0 bridgehead atoms. The van der Waals surface area contributed by atoms with Crippen molar-refractivity contribution in [3.8, 4) is 11.1 Å². The minimum atomic E-state index is -2.87. The summed E-state index contributed by atoms with van der Waals surface area (Å²) in [6.45, 7) is 2.48. The smallest absolute Gasteiger partial charge is 0.256 e. The number of aromatic nitrogens is 4. The molecule has 0 fully saturated rings. The Morgan fingerprint density at radius 1 is 1.08 bits per heavy atom. The molecule has 0 saturated carbocycles. The van der Waals surface area contributed by atoms with Gasteiger partial charge in [0.25, 0.3) is 6.43 Å². The molecule has 132 valence electrons. The van der Waals surface area contributed by atoms with Crippen LogP contribution in [0.5, 0.6) is 0 Å². The number of aryl methyl sites for hydroxylation is 1. The van der Waals surface area contributed by atoms with Crippen LogP contribution in [0, 0.1) is 12.7 Å². The van der Waals surface area contributed by atoms with Crippen LogP contribution in [0.25, 0.3) is 22.2 Å². The van der Waals surface area contributed by atoms with E-state index >= 15 is 0 Å². The third-order valence-electron chi connectivity index (χ3n) is 4.01. The van der Waals surface area contributed by atoms with Gasteiger partial charge in [-0.05, 0) is 30.7 Å².